The third-order valence-corrected chi connectivity index (χ3v) is 4.96. The van der Waals surface area contributed by atoms with Gasteiger partial charge in [-0.1, -0.05) is 71.4 Å². The zero-order valence-corrected chi connectivity index (χ0v) is 15.3. The number of hydrazone groups is 1. The number of aromatic nitrogens is 3. The smallest absolute Gasteiger partial charge is 0.264 e. The fraction of sp³-hybridized carbons (Fsp3) is 0.0625. The van der Waals surface area contributed by atoms with E-state index in [4.69, 9.17) is 29.0 Å². The molecule has 25 heavy (non-hydrogen) atoms. The Morgan fingerprint density at radius 3 is 2.56 bits per heavy atom. The number of benzene rings is 2. The molecule has 2 aromatic carbocycles. The summed E-state index contributed by atoms with van der Waals surface area (Å²) in [7, 11) is 0. The van der Waals surface area contributed by atoms with E-state index in [2.05, 4.69) is 20.7 Å². The molecule has 0 amide bonds. The summed E-state index contributed by atoms with van der Waals surface area (Å²) in [5, 5.41) is 14.0. The van der Waals surface area contributed by atoms with E-state index >= 15 is 0 Å². The summed E-state index contributed by atoms with van der Waals surface area (Å²) in [5.41, 5.74) is 4.54. The standard InChI is InChI=1S/C16H14Cl2N6S/c17-13-7-3-1-5-11(13)9-20-21-15-22-23-16(24(15)19)25-10-12-6-2-4-8-14(12)18/h1-9H,10,19H2,(H,21,22)/b20-9+. The second-order valence-corrected chi connectivity index (χ2v) is 6.70. The van der Waals surface area contributed by atoms with E-state index in [1.165, 1.54) is 16.4 Å². The van der Waals surface area contributed by atoms with Gasteiger partial charge in [0.1, 0.15) is 0 Å². The number of hydrogen-bond acceptors (Lipinski definition) is 6. The predicted octanol–water partition coefficient (Wildman–Crippen LogP) is 4.04. The van der Waals surface area contributed by atoms with Crippen molar-refractivity contribution >= 4 is 47.1 Å². The van der Waals surface area contributed by atoms with Crippen LogP contribution in [0.3, 0.4) is 0 Å². The number of anilines is 1. The van der Waals surface area contributed by atoms with E-state index in [9.17, 15) is 0 Å². The fourth-order valence-electron chi connectivity index (χ4n) is 1.95. The monoisotopic (exact) mass is 392 g/mol. The van der Waals surface area contributed by atoms with E-state index in [-0.39, 0.29) is 0 Å². The van der Waals surface area contributed by atoms with Gasteiger partial charge in [0.15, 0.2) is 0 Å². The minimum absolute atomic E-state index is 0.324. The summed E-state index contributed by atoms with van der Waals surface area (Å²) in [5.74, 6) is 6.95. The fourth-order valence-corrected chi connectivity index (χ4v) is 3.28. The molecule has 0 saturated heterocycles. The van der Waals surface area contributed by atoms with E-state index < -0.39 is 0 Å². The largest absolute Gasteiger partial charge is 0.334 e. The average Bonchev–Trinajstić information content (AvgIpc) is 2.96. The van der Waals surface area contributed by atoms with Crippen molar-refractivity contribution in [1.82, 2.24) is 14.9 Å². The van der Waals surface area contributed by atoms with Crippen molar-refractivity contribution in [3.8, 4) is 0 Å². The van der Waals surface area contributed by atoms with Gasteiger partial charge in [0, 0.05) is 21.4 Å². The molecule has 0 aliphatic carbocycles. The second-order valence-electron chi connectivity index (χ2n) is 4.95. The molecule has 0 aliphatic rings. The van der Waals surface area contributed by atoms with Gasteiger partial charge in [-0.05, 0) is 17.7 Å². The van der Waals surface area contributed by atoms with E-state index in [1.807, 2.05) is 42.5 Å². The summed E-state index contributed by atoms with van der Waals surface area (Å²) in [4.78, 5) is 0. The number of nitrogens with two attached hydrogens (primary N) is 1. The maximum atomic E-state index is 6.15. The summed E-state index contributed by atoms with van der Waals surface area (Å²) >= 11 is 13.6. The molecule has 1 aromatic heterocycles. The SMILES string of the molecule is Nn1c(N/N=C/c2ccccc2Cl)nnc1SCc1ccccc1Cl. The highest BCUT2D eigenvalue weighted by atomic mass is 35.5. The highest BCUT2D eigenvalue weighted by Gasteiger charge is 2.10. The minimum atomic E-state index is 0.324. The molecule has 3 rings (SSSR count). The van der Waals surface area contributed by atoms with Crippen molar-refractivity contribution in [2.75, 3.05) is 11.3 Å². The van der Waals surface area contributed by atoms with E-state index in [0.717, 1.165) is 11.1 Å². The lowest BCUT2D eigenvalue weighted by atomic mass is 10.2. The van der Waals surface area contributed by atoms with Gasteiger partial charge >= 0.3 is 0 Å². The summed E-state index contributed by atoms with van der Waals surface area (Å²) in [6.07, 6.45) is 1.59. The third-order valence-electron chi connectivity index (χ3n) is 3.25. The number of thioether (sulfide) groups is 1. The summed E-state index contributed by atoms with van der Waals surface area (Å²) < 4.78 is 1.34. The van der Waals surface area contributed by atoms with Crippen LogP contribution in [-0.2, 0) is 5.75 Å². The zero-order chi connectivity index (χ0) is 17.6. The molecular weight excluding hydrogens is 379 g/mol. The van der Waals surface area contributed by atoms with Crippen molar-refractivity contribution in [3.63, 3.8) is 0 Å². The Bertz CT molecular complexity index is 896. The molecule has 0 atom stereocenters. The molecule has 3 aromatic rings. The van der Waals surface area contributed by atoms with Crippen molar-refractivity contribution in [2.24, 2.45) is 5.10 Å². The van der Waals surface area contributed by atoms with E-state index in [1.54, 1.807) is 12.3 Å². The van der Waals surface area contributed by atoms with Crippen LogP contribution >= 0.6 is 35.0 Å². The molecule has 3 N–H and O–H groups in total. The van der Waals surface area contributed by atoms with Gasteiger partial charge in [0.25, 0.3) is 5.95 Å². The summed E-state index contributed by atoms with van der Waals surface area (Å²) in [6, 6.07) is 15.0. The molecule has 9 heteroatoms. The number of nitrogen functional groups attached to an aromatic ring is 1. The van der Waals surface area contributed by atoms with Gasteiger partial charge in [-0.3, -0.25) is 0 Å². The first-order chi connectivity index (χ1) is 12.1. The number of rotatable bonds is 6. The molecule has 6 nitrogen and oxygen atoms in total. The van der Waals surface area contributed by atoms with Crippen molar-refractivity contribution in [1.29, 1.82) is 0 Å². The minimum Gasteiger partial charge on any atom is -0.334 e. The van der Waals surface area contributed by atoms with Crippen LogP contribution in [0.15, 0.2) is 58.8 Å². The Balaban J connectivity index is 1.63. The quantitative estimate of drug-likeness (QED) is 0.286. The van der Waals surface area contributed by atoms with Crippen molar-refractivity contribution in [2.45, 2.75) is 10.9 Å². The highest BCUT2D eigenvalue weighted by Crippen LogP contribution is 2.25. The van der Waals surface area contributed by atoms with Crippen molar-refractivity contribution in [3.05, 3.63) is 69.7 Å². The molecule has 0 bridgehead atoms. The molecule has 0 unspecified atom stereocenters. The van der Waals surface area contributed by atoms with Gasteiger partial charge in [-0.2, -0.15) is 5.10 Å². The van der Waals surface area contributed by atoms with E-state index in [0.29, 0.717) is 26.9 Å². The Morgan fingerprint density at radius 2 is 1.80 bits per heavy atom. The van der Waals surface area contributed by atoms with Crippen LogP contribution in [0.1, 0.15) is 11.1 Å². The number of hydrogen-bond donors (Lipinski definition) is 2. The molecule has 0 saturated carbocycles. The molecule has 0 spiro atoms. The first-order valence-corrected chi connectivity index (χ1v) is 8.99. The van der Waals surface area contributed by atoms with Gasteiger partial charge in [0.2, 0.25) is 5.16 Å². The van der Waals surface area contributed by atoms with Crippen molar-refractivity contribution < 1.29 is 0 Å². The lowest BCUT2D eigenvalue weighted by Gasteiger charge is -2.04. The summed E-state index contributed by atoms with van der Waals surface area (Å²) in [6.45, 7) is 0. The first kappa shape index (κ1) is 17.6. The Labute approximate surface area is 159 Å². The van der Waals surface area contributed by atoms with Gasteiger partial charge in [-0.15, -0.1) is 10.2 Å². The average molecular weight is 393 g/mol. The van der Waals surface area contributed by atoms with Crippen LogP contribution in [-0.4, -0.2) is 21.1 Å². The Kier molecular flexibility index (Phi) is 5.80. The molecule has 0 radical (unpaired) electrons. The van der Waals surface area contributed by atoms with Crippen LogP contribution in [0.25, 0.3) is 0 Å². The van der Waals surface area contributed by atoms with Crippen LogP contribution in [0.4, 0.5) is 5.95 Å². The molecular formula is C16H14Cl2N6S. The number of nitrogens with one attached hydrogen (secondary N) is 1. The zero-order valence-electron chi connectivity index (χ0n) is 12.9. The normalized spacial score (nSPS) is 11.1. The highest BCUT2D eigenvalue weighted by molar-refractivity contribution is 7.98. The van der Waals surface area contributed by atoms with Gasteiger partial charge in [-0.25, -0.2) is 10.1 Å². The number of halogens is 2. The maximum Gasteiger partial charge on any atom is 0.264 e. The van der Waals surface area contributed by atoms with Crippen LogP contribution in [0.5, 0.6) is 0 Å². The third kappa shape index (κ3) is 4.45. The van der Waals surface area contributed by atoms with Crippen LogP contribution in [0, 0.1) is 0 Å². The molecule has 128 valence electrons. The molecule has 0 aliphatic heterocycles. The maximum absolute atomic E-state index is 6.15. The topological polar surface area (TPSA) is 81.1 Å². The van der Waals surface area contributed by atoms with Gasteiger partial charge < -0.3 is 5.84 Å². The number of nitrogens with zero attached hydrogens (tertiary/aromatic N) is 4. The molecule has 0 fully saturated rings. The Hall–Kier alpha value is -2.22. The lowest BCUT2D eigenvalue weighted by Crippen LogP contribution is -2.13. The van der Waals surface area contributed by atoms with Crippen LogP contribution < -0.4 is 11.3 Å². The Morgan fingerprint density at radius 1 is 1.08 bits per heavy atom. The second kappa shape index (κ2) is 8.24. The molecule has 1 heterocycles. The first-order valence-electron chi connectivity index (χ1n) is 7.25. The van der Waals surface area contributed by atoms with Crippen LogP contribution in [0.2, 0.25) is 10.0 Å². The predicted molar refractivity (Wildman–Crippen MR) is 104 cm³/mol. The van der Waals surface area contributed by atoms with Gasteiger partial charge in [0.05, 0.1) is 6.21 Å². The lowest BCUT2D eigenvalue weighted by molar-refractivity contribution is 0.847.